The van der Waals surface area contributed by atoms with E-state index in [4.69, 9.17) is 4.74 Å². The Hall–Kier alpha value is -4.58. The van der Waals surface area contributed by atoms with Gasteiger partial charge < -0.3 is 36.0 Å². The molecule has 0 bridgehead atoms. The molecule has 1 aromatic heterocycles. The number of methoxy groups -OCH3 is 1. The second-order valence-electron chi connectivity index (χ2n) is 8.30. The molecule has 3 rings (SSSR count). The number of aromatic hydroxyl groups is 3. The number of ether oxygens (including phenoxy) is 1. The van der Waals surface area contributed by atoms with Crippen LogP contribution < -0.4 is 16.0 Å². The third-order valence-electron chi connectivity index (χ3n) is 5.38. The Morgan fingerprint density at radius 3 is 2.26 bits per heavy atom. The fourth-order valence-corrected chi connectivity index (χ4v) is 4.51. The number of esters is 1. The first-order valence-electron chi connectivity index (χ1n) is 11.4. The van der Waals surface area contributed by atoms with E-state index in [1.54, 1.807) is 31.2 Å². The number of benzene rings is 2. The molecule has 2 aromatic carbocycles. The van der Waals surface area contributed by atoms with Crippen molar-refractivity contribution in [3.8, 4) is 17.2 Å². The average Bonchev–Trinajstić information content (AvgIpc) is 3.27. The topological polar surface area (TPSA) is 174 Å². The van der Waals surface area contributed by atoms with Gasteiger partial charge in [0.15, 0.2) is 0 Å². The fourth-order valence-electron chi connectivity index (χ4n) is 3.52. The Balaban J connectivity index is 1.61. The zero-order valence-electron chi connectivity index (χ0n) is 20.6. The summed E-state index contributed by atoms with van der Waals surface area (Å²) < 4.78 is 4.73. The van der Waals surface area contributed by atoms with E-state index in [1.807, 2.05) is 6.07 Å². The van der Waals surface area contributed by atoms with Crippen molar-refractivity contribution >= 4 is 35.0 Å². The summed E-state index contributed by atoms with van der Waals surface area (Å²) in [6.07, 6.45) is 0.507. The van der Waals surface area contributed by atoms with Gasteiger partial charge in [-0.15, -0.1) is 11.3 Å². The fraction of sp³-hybridized carbons (Fsp3) is 0.231. The summed E-state index contributed by atoms with van der Waals surface area (Å²) >= 11 is 0.951. The van der Waals surface area contributed by atoms with E-state index in [-0.39, 0.29) is 40.1 Å². The highest BCUT2D eigenvalue weighted by atomic mass is 32.1. The van der Waals surface area contributed by atoms with Crippen molar-refractivity contribution in [3.05, 3.63) is 75.0 Å². The predicted octanol–water partition coefficient (Wildman–Crippen LogP) is 1.85. The first-order valence-corrected chi connectivity index (χ1v) is 12.3. The summed E-state index contributed by atoms with van der Waals surface area (Å²) in [5.41, 5.74) is 1.33. The molecule has 0 aliphatic rings. The highest BCUT2D eigenvalue weighted by Gasteiger charge is 2.26. The molecule has 0 saturated heterocycles. The minimum absolute atomic E-state index is 0.0498. The largest absolute Gasteiger partial charge is 0.508 e. The normalized spacial score (nSPS) is 11.3. The number of hydrogen-bond acceptors (Lipinski definition) is 9. The van der Waals surface area contributed by atoms with E-state index < -0.39 is 23.8 Å². The number of rotatable bonds is 10. The van der Waals surface area contributed by atoms with Crippen LogP contribution >= 0.6 is 11.3 Å². The Morgan fingerprint density at radius 2 is 1.61 bits per heavy atom. The number of aryl methyl sites for hydroxylation is 1. The second kappa shape index (κ2) is 12.6. The minimum atomic E-state index is -1.25. The highest BCUT2D eigenvalue weighted by Crippen LogP contribution is 2.23. The van der Waals surface area contributed by atoms with Crippen molar-refractivity contribution in [2.75, 3.05) is 20.2 Å². The van der Waals surface area contributed by atoms with E-state index in [0.717, 1.165) is 42.2 Å². The molecule has 0 radical (unpaired) electrons. The molecule has 3 aromatic rings. The number of phenolic OH excluding ortho intramolecular Hbond substituents is 3. The van der Waals surface area contributed by atoms with Crippen LogP contribution in [0.5, 0.6) is 17.2 Å². The molecule has 3 amide bonds. The van der Waals surface area contributed by atoms with Gasteiger partial charge in [-0.05, 0) is 54.8 Å². The lowest BCUT2D eigenvalue weighted by Crippen LogP contribution is -2.48. The highest BCUT2D eigenvalue weighted by molar-refractivity contribution is 7.16. The summed E-state index contributed by atoms with van der Waals surface area (Å²) in [4.78, 5) is 50.7. The summed E-state index contributed by atoms with van der Waals surface area (Å²) in [6, 6.07) is 10.3. The minimum Gasteiger partial charge on any atom is -0.508 e. The van der Waals surface area contributed by atoms with Gasteiger partial charge in [-0.3, -0.25) is 14.4 Å². The molecule has 200 valence electrons. The van der Waals surface area contributed by atoms with Crippen molar-refractivity contribution in [1.82, 2.24) is 16.0 Å². The molecule has 0 spiro atoms. The maximum Gasteiger partial charge on any atom is 0.330 e. The van der Waals surface area contributed by atoms with Crippen molar-refractivity contribution in [1.29, 1.82) is 0 Å². The summed E-state index contributed by atoms with van der Waals surface area (Å²) in [6.45, 7) is 1.64. The number of amides is 3. The van der Waals surface area contributed by atoms with Gasteiger partial charge in [0.25, 0.3) is 17.7 Å². The van der Waals surface area contributed by atoms with Crippen LogP contribution in [0.15, 0.2) is 48.5 Å². The van der Waals surface area contributed by atoms with Gasteiger partial charge in [-0.25, -0.2) is 4.79 Å². The molecule has 6 N–H and O–H groups in total. The molecule has 38 heavy (non-hydrogen) atoms. The van der Waals surface area contributed by atoms with Crippen molar-refractivity contribution < 1.29 is 39.2 Å². The Kier molecular flexibility index (Phi) is 9.28. The molecule has 1 heterocycles. The van der Waals surface area contributed by atoms with Crippen LogP contribution in [0.3, 0.4) is 0 Å². The van der Waals surface area contributed by atoms with E-state index in [9.17, 15) is 34.5 Å². The second-order valence-corrected chi connectivity index (χ2v) is 9.35. The molecule has 0 aliphatic heterocycles. The summed E-state index contributed by atoms with van der Waals surface area (Å²) in [7, 11) is 1.13. The standard InChI is InChI=1S/C26H27N3O8S/c1-14-8-21(24(34)27-7-6-15-4-3-5-17(30)9-15)38-22(14)25(35)29-20(26(36)37-2)13-28-23(33)16-10-18(31)12-19(32)11-16/h3-5,8-12,20,30-32H,6-7,13H2,1-2H3,(H,27,34)(H,28,33)(H,29,35). The number of thiophene rings is 1. The lowest BCUT2D eigenvalue weighted by Gasteiger charge is -2.17. The smallest absolute Gasteiger partial charge is 0.330 e. The third kappa shape index (κ3) is 7.46. The molecule has 12 heteroatoms. The van der Waals surface area contributed by atoms with Crippen LogP contribution in [0.2, 0.25) is 0 Å². The summed E-state index contributed by atoms with van der Waals surface area (Å²) in [5, 5.41) is 36.4. The maximum absolute atomic E-state index is 12.9. The third-order valence-corrected chi connectivity index (χ3v) is 6.61. The van der Waals surface area contributed by atoms with Gasteiger partial charge in [0.05, 0.1) is 16.9 Å². The van der Waals surface area contributed by atoms with Crippen molar-refractivity contribution in [3.63, 3.8) is 0 Å². The first kappa shape index (κ1) is 28.0. The van der Waals surface area contributed by atoms with Gasteiger partial charge in [-0.1, -0.05) is 12.1 Å². The van der Waals surface area contributed by atoms with Crippen LogP contribution in [-0.4, -0.2) is 65.3 Å². The maximum atomic E-state index is 12.9. The van der Waals surface area contributed by atoms with Gasteiger partial charge in [0.2, 0.25) is 0 Å². The van der Waals surface area contributed by atoms with Crippen molar-refractivity contribution in [2.24, 2.45) is 0 Å². The quantitative estimate of drug-likeness (QED) is 0.211. The van der Waals surface area contributed by atoms with Gasteiger partial charge in [0.1, 0.15) is 23.3 Å². The zero-order chi connectivity index (χ0) is 27.8. The van der Waals surface area contributed by atoms with Crippen LogP contribution in [-0.2, 0) is 16.0 Å². The van der Waals surface area contributed by atoms with Crippen LogP contribution in [0.4, 0.5) is 0 Å². The molecule has 0 saturated carbocycles. The lowest BCUT2D eigenvalue weighted by molar-refractivity contribution is -0.142. The van der Waals surface area contributed by atoms with E-state index in [1.165, 1.54) is 0 Å². The van der Waals surface area contributed by atoms with Crippen LogP contribution in [0, 0.1) is 6.92 Å². The number of carbonyl (C=O) groups is 4. The number of phenols is 3. The van der Waals surface area contributed by atoms with Crippen molar-refractivity contribution in [2.45, 2.75) is 19.4 Å². The molecule has 0 fully saturated rings. The molecule has 1 atom stereocenters. The van der Waals surface area contributed by atoms with E-state index in [2.05, 4.69) is 16.0 Å². The molecule has 0 aliphatic carbocycles. The van der Waals surface area contributed by atoms with Gasteiger partial charge in [0, 0.05) is 24.7 Å². The first-order chi connectivity index (χ1) is 18.1. The number of nitrogens with one attached hydrogen (secondary N) is 3. The van der Waals surface area contributed by atoms with E-state index >= 15 is 0 Å². The van der Waals surface area contributed by atoms with Crippen LogP contribution in [0.25, 0.3) is 0 Å². The van der Waals surface area contributed by atoms with Gasteiger partial charge >= 0.3 is 5.97 Å². The Morgan fingerprint density at radius 1 is 0.895 bits per heavy atom. The van der Waals surface area contributed by atoms with Crippen LogP contribution in [0.1, 0.15) is 40.8 Å². The predicted molar refractivity (Wildman–Crippen MR) is 139 cm³/mol. The number of carbonyl (C=O) groups excluding carboxylic acids is 4. The molecular formula is C26H27N3O8S. The summed E-state index contributed by atoms with van der Waals surface area (Å²) in [5.74, 6) is -3.01. The molecule has 1 unspecified atom stereocenters. The molecular weight excluding hydrogens is 514 g/mol. The SMILES string of the molecule is COC(=O)C(CNC(=O)c1cc(O)cc(O)c1)NC(=O)c1sc(C(=O)NCCc2cccc(O)c2)cc1C. The monoisotopic (exact) mass is 541 g/mol. The number of hydrogen-bond donors (Lipinski definition) is 6. The molecule has 11 nitrogen and oxygen atoms in total. The van der Waals surface area contributed by atoms with Gasteiger partial charge in [-0.2, -0.15) is 0 Å². The average molecular weight is 542 g/mol. The lowest BCUT2D eigenvalue weighted by atomic mass is 10.1. The van der Waals surface area contributed by atoms with E-state index in [0.29, 0.717) is 23.4 Å². The Bertz CT molecular complexity index is 1330. The Labute approximate surface area is 222 Å². The zero-order valence-corrected chi connectivity index (χ0v) is 21.4.